The molecule has 1 aromatic rings. The van der Waals surface area contributed by atoms with Crippen LogP contribution in [0.3, 0.4) is 0 Å². The van der Waals surface area contributed by atoms with Crippen molar-refractivity contribution in [2.75, 3.05) is 13.1 Å². The molecule has 1 amide bonds. The fourth-order valence-corrected chi connectivity index (χ4v) is 2.68. The predicted molar refractivity (Wildman–Crippen MR) is 90.0 cm³/mol. The van der Waals surface area contributed by atoms with Crippen LogP contribution in [-0.4, -0.2) is 25.0 Å². The molecule has 0 saturated carbocycles. The molecule has 0 aliphatic carbocycles. The normalized spacial score (nSPS) is 17.6. The van der Waals surface area contributed by atoms with Crippen LogP contribution in [0.25, 0.3) is 0 Å². The largest absolute Gasteiger partial charge is 0.354 e. The van der Waals surface area contributed by atoms with Gasteiger partial charge >= 0.3 is 0 Å². The zero-order valence-electron chi connectivity index (χ0n) is 13.0. The molecule has 1 aromatic carbocycles. The van der Waals surface area contributed by atoms with Crippen molar-refractivity contribution in [3.63, 3.8) is 0 Å². The van der Waals surface area contributed by atoms with Gasteiger partial charge in [-0.3, -0.25) is 4.79 Å². The number of benzene rings is 1. The Labute approximate surface area is 134 Å². The average Bonchev–Trinajstić information content (AvgIpc) is 2.91. The van der Waals surface area contributed by atoms with Crippen LogP contribution in [0, 0.1) is 5.92 Å². The summed E-state index contributed by atoms with van der Waals surface area (Å²) in [6.07, 6.45) is 3.97. The fraction of sp³-hybridized carbons (Fsp3) is 0.588. The second-order valence-electron chi connectivity index (χ2n) is 6.19. The van der Waals surface area contributed by atoms with Crippen LogP contribution in [0.4, 0.5) is 0 Å². The van der Waals surface area contributed by atoms with Gasteiger partial charge < -0.3 is 10.6 Å². The lowest BCUT2D eigenvalue weighted by molar-refractivity contribution is -0.120. The third-order valence-corrected chi connectivity index (χ3v) is 3.74. The summed E-state index contributed by atoms with van der Waals surface area (Å²) in [7, 11) is 0. The van der Waals surface area contributed by atoms with Crippen molar-refractivity contribution in [2.45, 2.75) is 45.6 Å². The van der Waals surface area contributed by atoms with E-state index in [1.807, 2.05) is 0 Å². The first-order valence-electron chi connectivity index (χ1n) is 7.71. The molecule has 118 valence electrons. The van der Waals surface area contributed by atoms with Crippen molar-refractivity contribution in [1.82, 2.24) is 10.6 Å². The molecule has 0 radical (unpaired) electrons. The summed E-state index contributed by atoms with van der Waals surface area (Å²) in [5.74, 6) is 0.790. The molecular formula is C17H27ClN2O. The minimum atomic E-state index is 0. The fourth-order valence-electron chi connectivity index (χ4n) is 2.68. The number of amides is 1. The first-order chi connectivity index (χ1) is 9.63. The number of hydrogen-bond donors (Lipinski definition) is 2. The lowest BCUT2D eigenvalue weighted by atomic mass is 10.0. The number of rotatable bonds is 6. The molecule has 21 heavy (non-hydrogen) atoms. The van der Waals surface area contributed by atoms with Gasteiger partial charge in [-0.2, -0.15) is 0 Å². The summed E-state index contributed by atoms with van der Waals surface area (Å²) in [6.45, 7) is 6.28. The summed E-state index contributed by atoms with van der Waals surface area (Å²) in [6, 6.07) is 8.89. The lowest BCUT2D eigenvalue weighted by Crippen LogP contribution is -2.37. The SMILES string of the molecule is CC(C)Cc1ccc(CC(=O)NCC2CCCN2)cc1.Cl. The third kappa shape index (κ3) is 6.49. The van der Waals surface area contributed by atoms with E-state index in [-0.39, 0.29) is 18.3 Å². The van der Waals surface area contributed by atoms with Gasteiger partial charge in [0, 0.05) is 12.6 Å². The monoisotopic (exact) mass is 310 g/mol. The van der Waals surface area contributed by atoms with Gasteiger partial charge in [0.2, 0.25) is 5.91 Å². The lowest BCUT2D eigenvalue weighted by Gasteiger charge is -2.11. The Bertz CT molecular complexity index is 425. The maximum atomic E-state index is 11.9. The Morgan fingerprint density at radius 3 is 2.52 bits per heavy atom. The minimum Gasteiger partial charge on any atom is -0.354 e. The summed E-state index contributed by atoms with van der Waals surface area (Å²) >= 11 is 0. The Morgan fingerprint density at radius 1 is 1.29 bits per heavy atom. The molecule has 1 aliphatic heterocycles. The maximum absolute atomic E-state index is 11.9. The Hall–Kier alpha value is -1.06. The molecule has 0 aromatic heterocycles. The van der Waals surface area contributed by atoms with Crippen LogP contribution < -0.4 is 10.6 Å². The van der Waals surface area contributed by atoms with E-state index < -0.39 is 0 Å². The van der Waals surface area contributed by atoms with Crippen molar-refractivity contribution in [3.8, 4) is 0 Å². The minimum absolute atomic E-state index is 0. The molecule has 1 unspecified atom stereocenters. The highest BCUT2D eigenvalue weighted by Gasteiger charge is 2.14. The van der Waals surface area contributed by atoms with Crippen molar-refractivity contribution in [1.29, 1.82) is 0 Å². The molecule has 1 fully saturated rings. The zero-order valence-corrected chi connectivity index (χ0v) is 13.8. The summed E-state index contributed by atoms with van der Waals surface area (Å²) in [5, 5.41) is 6.41. The second kappa shape index (κ2) is 9.06. The van der Waals surface area contributed by atoms with E-state index in [0.29, 0.717) is 18.4 Å². The molecule has 2 rings (SSSR count). The highest BCUT2D eigenvalue weighted by atomic mass is 35.5. The van der Waals surface area contributed by atoms with Gasteiger partial charge in [0.15, 0.2) is 0 Å². The van der Waals surface area contributed by atoms with Crippen LogP contribution in [-0.2, 0) is 17.6 Å². The highest BCUT2D eigenvalue weighted by Crippen LogP contribution is 2.10. The standard InChI is InChI=1S/C17H26N2O.ClH/c1-13(2)10-14-5-7-15(8-6-14)11-17(20)19-12-16-4-3-9-18-16;/h5-8,13,16,18H,3-4,9-12H2,1-2H3,(H,19,20);1H. The van der Waals surface area contributed by atoms with Crippen LogP contribution >= 0.6 is 12.4 Å². The van der Waals surface area contributed by atoms with Crippen molar-refractivity contribution < 1.29 is 4.79 Å². The summed E-state index contributed by atoms with van der Waals surface area (Å²) < 4.78 is 0. The molecule has 3 nitrogen and oxygen atoms in total. The Kier molecular flexibility index (Phi) is 7.76. The molecule has 1 aliphatic rings. The van der Waals surface area contributed by atoms with Gasteiger partial charge in [0.25, 0.3) is 0 Å². The van der Waals surface area contributed by atoms with E-state index in [9.17, 15) is 4.79 Å². The number of carbonyl (C=O) groups is 1. The van der Waals surface area contributed by atoms with Gasteiger partial charge in [0.1, 0.15) is 0 Å². The van der Waals surface area contributed by atoms with E-state index in [0.717, 1.165) is 25.1 Å². The van der Waals surface area contributed by atoms with Crippen LogP contribution in [0.2, 0.25) is 0 Å². The van der Waals surface area contributed by atoms with Gasteiger partial charge in [-0.05, 0) is 42.9 Å². The van der Waals surface area contributed by atoms with E-state index in [2.05, 4.69) is 48.7 Å². The van der Waals surface area contributed by atoms with E-state index in [1.165, 1.54) is 18.4 Å². The number of hydrogen-bond acceptors (Lipinski definition) is 2. The van der Waals surface area contributed by atoms with Crippen LogP contribution in [0.5, 0.6) is 0 Å². The molecule has 1 heterocycles. The van der Waals surface area contributed by atoms with Crippen molar-refractivity contribution >= 4 is 18.3 Å². The third-order valence-electron chi connectivity index (χ3n) is 3.74. The second-order valence-corrected chi connectivity index (χ2v) is 6.19. The van der Waals surface area contributed by atoms with E-state index in [4.69, 9.17) is 0 Å². The van der Waals surface area contributed by atoms with Crippen LogP contribution in [0.15, 0.2) is 24.3 Å². The summed E-state index contributed by atoms with van der Waals surface area (Å²) in [4.78, 5) is 11.9. The van der Waals surface area contributed by atoms with Crippen molar-refractivity contribution in [3.05, 3.63) is 35.4 Å². The molecule has 1 atom stereocenters. The first-order valence-corrected chi connectivity index (χ1v) is 7.71. The molecule has 0 spiro atoms. The molecule has 0 bridgehead atoms. The average molecular weight is 311 g/mol. The number of halogens is 1. The number of carbonyl (C=O) groups excluding carboxylic acids is 1. The van der Waals surface area contributed by atoms with Gasteiger partial charge in [-0.15, -0.1) is 12.4 Å². The molecule has 2 N–H and O–H groups in total. The smallest absolute Gasteiger partial charge is 0.224 e. The van der Waals surface area contributed by atoms with Crippen molar-refractivity contribution in [2.24, 2.45) is 5.92 Å². The Morgan fingerprint density at radius 2 is 1.95 bits per heavy atom. The maximum Gasteiger partial charge on any atom is 0.224 e. The topological polar surface area (TPSA) is 41.1 Å². The quantitative estimate of drug-likeness (QED) is 0.848. The first kappa shape index (κ1) is 18.0. The molecule has 1 saturated heterocycles. The van der Waals surface area contributed by atoms with E-state index in [1.54, 1.807) is 0 Å². The predicted octanol–water partition coefficient (Wildman–Crippen LogP) is 2.72. The van der Waals surface area contributed by atoms with Gasteiger partial charge in [-0.1, -0.05) is 38.1 Å². The molecule has 4 heteroatoms. The summed E-state index contributed by atoms with van der Waals surface area (Å²) in [5.41, 5.74) is 2.44. The highest BCUT2D eigenvalue weighted by molar-refractivity contribution is 5.85. The zero-order chi connectivity index (χ0) is 14.4. The van der Waals surface area contributed by atoms with E-state index >= 15 is 0 Å². The van der Waals surface area contributed by atoms with Crippen LogP contribution in [0.1, 0.15) is 37.8 Å². The molecular weight excluding hydrogens is 284 g/mol. The Balaban J connectivity index is 0.00000220. The van der Waals surface area contributed by atoms with Gasteiger partial charge in [0.05, 0.1) is 6.42 Å². The number of nitrogens with one attached hydrogen (secondary N) is 2. The van der Waals surface area contributed by atoms with Gasteiger partial charge in [-0.25, -0.2) is 0 Å².